The van der Waals surface area contributed by atoms with Crippen molar-refractivity contribution in [2.24, 2.45) is 0 Å². The molecule has 24 heavy (non-hydrogen) atoms. The van der Waals surface area contributed by atoms with Crippen LogP contribution in [0.4, 0.5) is 0 Å². The minimum absolute atomic E-state index is 0. The Balaban J connectivity index is 0.00000264. The SMILES string of the molecule is CP(CCCP(c1ccccc1)c1ccccc1)C(C)(C)C.[B].[B]. The molecular weight excluding hydrogens is 324 g/mol. The highest BCUT2D eigenvalue weighted by molar-refractivity contribution is 7.73. The molecule has 1 atom stereocenters. The average Bonchev–Trinajstić information content (AvgIpc) is 2.52. The Morgan fingerprint density at radius 3 is 1.50 bits per heavy atom. The molecule has 4 heteroatoms. The van der Waals surface area contributed by atoms with Gasteiger partial charge in [-0.3, -0.25) is 0 Å². The molecule has 0 saturated heterocycles. The second-order valence-electron chi connectivity index (χ2n) is 6.77. The third-order valence-corrected chi connectivity index (χ3v) is 10.0. The molecule has 0 nitrogen and oxygen atoms in total. The van der Waals surface area contributed by atoms with Gasteiger partial charge in [0.05, 0.1) is 0 Å². The lowest BCUT2D eigenvalue weighted by Gasteiger charge is -2.28. The Hall–Kier alpha value is -0.570. The minimum Gasteiger partial charge on any atom is -0.104 e. The zero-order valence-corrected chi connectivity index (χ0v) is 17.2. The quantitative estimate of drug-likeness (QED) is 0.524. The van der Waals surface area contributed by atoms with Gasteiger partial charge in [-0.05, 0) is 49.1 Å². The predicted octanol–water partition coefficient (Wildman–Crippen LogP) is 4.66. The van der Waals surface area contributed by atoms with Gasteiger partial charge in [0.25, 0.3) is 0 Å². The maximum absolute atomic E-state index is 2.46. The van der Waals surface area contributed by atoms with E-state index in [2.05, 4.69) is 88.1 Å². The van der Waals surface area contributed by atoms with Crippen molar-refractivity contribution < 1.29 is 0 Å². The summed E-state index contributed by atoms with van der Waals surface area (Å²) >= 11 is 0. The van der Waals surface area contributed by atoms with Crippen molar-refractivity contribution in [1.82, 2.24) is 0 Å². The van der Waals surface area contributed by atoms with Crippen LogP contribution in [-0.2, 0) is 0 Å². The Kier molecular flexibility index (Phi) is 10.9. The van der Waals surface area contributed by atoms with Gasteiger partial charge >= 0.3 is 0 Å². The highest BCUT2D eigenvalue weighted by Gasteiger charge is 2.20. The molecule has 0 spiro atoms. The van der Waals surface area contributed by atoms with Gasteiger partial charge in [-0.2, -0.15) is 0 Å². The first-order chi connectivity index (χ1) is 10.5. The molecule has 0 aliphatic heterocycles. The fourth-order valence-electron chi connectivity index (χ4n) is 2.42. The molecule has 0 N–H and O–H groups in total. The summed E-state index contributed by atoms with van der Waals surface area (Å²) in [5.74, 6) is 0. The van der Waals surface area contributed by atoms with Crippen molar-refractivity contribution in [1.29, 1.82) is 0 Å². The average molecular weight is 352 g/mol. The van der Waals surface area contributed by atoms with Crippen LogP contribution < -0.4 is 10.6 Å². The van der Waals surface area contributed by atoms with Gasteiger partial charge in [-0.15, -0.1) is 7.92 Å². The highest BCUT2D eigenvalue weighted by Crippen LogP contribution is 2.47. The van der Waals surface area contributed by atoms with Gasteiger partial charge in [-0.25, -0.2) is 0 Å². The lowest BCUT2D eigenvalue weighted by Crippen LogP contribution is -2.16. The van der Waals surface area contributed by atoms with Crippen molar-refractivity contribution in [2.75, 3.05) is 19.0 Å². The number of benzene rings is 2. The van der Waals surface area contributed by atoms with Crippen molar-refractivity contribution in [3.05, 3.63) is 60.7 Å². The molecule has 0 saturated carbocycles. The van der Waals surface area contributed by atoms with Crippen LogP contribution in [0, 0.1) is 0 Å². The second kappa shape index (κ2) is 11.1. The van der Waals surface area contributed by atoms with Gasteiger partial charge in [0, 0.05) is 16.8 Å². The lowest BCUT2D eigenvalue weighted by atomic mass is 10.3. The van der Waals surface area contributed by atoms with E-state index in [4.69, 9.17) is 0 Å². The molecule has 0 aromatic heterocycles. The summed E-state index contributed by atoms with van der Waals surface area (Å²) in [5.41, 5.74) is 0. The van der Waals surface area contributed by atoms with E-state index >= 15 is 0 Å². The first-order valence-electron chi connectivity index (χ1n) is 8.07. The van der Waals surface area contributed by atoms with Crippen LogP contribution >= 0.6 is 15.8 Å². The van der Waals surface area contributed by atoms with Crippen LogP contribution in [0.15, 0.2) is 60.7 Å². The fraction of sp³-hybridized carbons (Fsp3) is 0.400. The normalized spacial score (nSPS) is 12.2. The van der Waals surface area contributed by atoms with Crippen molar-refractivity contribution in [3.63, 3.8) is 0 Å². The fourth-order valence-corrected chi connectivity index (χ4v) is 6.33. The Morgan fingerprint density at radius 2 is 1.12 bits per heavy atom. The number of hydrogen-bond donors (Lipinski definition) is 0. The molecule has 0 aliphatic rings. The van der Waals surface area contributed by atoms with Crippen molar-refractivity contribution in [3.8, 4) is 0 Å². The van der Waals surface area contributed by atoms with Crippen LogP contribution in [0.1, 0.15) is 27.2 Å². The molecule has 0 fully saturated rings. The third kappa shape index (κ3) is 7.13. The van der Waals surface area contributed by atoms with E-state index in [1.165, 1.54) is 29.4 Å². The zero-order chi connectivity index (χ0) is 16.0. The number of hydrogen-bond acceptors (Lipinski definition) is 0. The van der Waals surface area contributed by atoms with Gasteiger partial charge < -0.3 is 0 Å². The van der Waals surface area contributed by atoms with Crippen LogP contribution in [0.2, 0.25) is 0 Å². The molecule has 2 aromatic carbocycles. The van der Waals surface area contributed by atoms with Crippen LogP contribution in [0.25, 0.3) is 0 Å². The monoisotopic (exact) mass is 352 g/mol. The first kappa shape index (κ1) is 23.4. The molecule has 0 amide bonds. The standard InChI is InChI=1S/C20H28P2.2B/c1-20(2,3)21(4)16-11-17-22(18-12-7-5-8-13-18)19-14-9-6-10-15-19;;/h5-10,12-15H,11,16-17H2,1-4H3;;. The largest absolute Gasteiger partial charge is 0.104 e. The van der Waals surface area contributed by atoms with Crippen LogP contribution in [0.5, 0.6) is 0 Å². The topological polar surface area (TPSA) is 0 Å². The van der Waals surface area contributed by atoms with E-state index in [0.29, 0.717) is 5.16 Å². The molecule has 2 rings (SSSR count). The van der Waals surface area contributed by atoms with E-state index in [-0.39, 0.29) is 32.7 Å². The Bertz CT molecular complexity index is 513. The summed E-state index contributed by atoms with van der Waals surface area (Å²) in [7, 11) is -0.0867. The van der Waals surface area contributed by atoms with Gasteiger partial charge in [0.2, 0.25) is 0 Å². The Labute approximate surface area is 155 Å². The molecule has 1 unspecified atom stereocenters. The minimum atomic E-state index is -0.207. The summed E-state index contributed by atoms with van der Waals surface area (Å²) in [5, 5.41) is 3.51. The van der Waals surface area contributed by atoms with E-state index in [0.717, 1.165) is 0 Å². The maximum Gasteiger partial charge on any atom is 0 e. The van der Waals surface area contributed by atoms with E-state index < -0.39 is 0 Å². The molecular formula is C20H28B2P2. The Morgan fingerprint density at radius 1 is 0.708 bits per heavy atom. The van der Waals surface area contributed by atoms with Crippen molar-refractivity contribution in [2.45, 2.75) is 32.3 Å². The van der Waals surface area contributed by atoms with Crippen LogP contribution in [-0.4, -0.2) is 41.0 Å². The maximum atomic E-state index is 2.46. The van der Waals surface area contributed by atoms with Gasteiger partial charge in [-0.1, -0.05) is 81.4 Å². The summed E-state index contributed by atoms with van der Waals surface area (Å²) in [6, 6.07) is 22.2. The smallest absolute Gasteiger partial charge is 0 e. The molecule has 0 aliphatic carbocycles. The summed E-state index contributed by atoms with van der Waals surface area (Å²) in [6.45, 7) is 9.62. The summed E-state index contributed by atoms with van der Waals surface area (Å²) < 4.78 is 0. The van der Waals surface area contributed by atoms with E-state index in [9.17, 15) is 0 Å². The highest BCUT2D eigenvalue weighted by atomic mass is 31.1. The van der Waals surface area contributed by atoms with Crippen LogP contribution in [0.3, 0.4) is 0 Å². The molecule has 0 heterocycles. The molecule has 2 aromatic rings. The van der Waals surface area contributed by atoms with E-state index in [1.54, 1.807) is 0 Å². The van der Waals surface area contributed by atoms with Gasteiger partial charge in [0.15, 0.2) is 0 Å². The van der Waals surface area contributed by atoms with Crippen molar-refractivity contribution >= 4 is 43.3 Å². The van der Waals surface area contributed by atoms with E-state index in [1.807, 2.05) is 0 Å². The second-order valence-corrected chi connectivity index (χ2v) is 12.3. The lowest BCUT2D eigenvalue weighted by molar-refractivity contribution is 0.781. The first-order valence-corrected chi connectivity index (χ1v) is 11.6. The molecule has 124 valence electrons. The molecule has 0 bridgehead atoms. The summed E-state index contributed by atoms with van der Waals surface area (Å²) in [6.07, 6.45) is 4.04. The molecule has 6 radical (unpaired) electrons. The number of rotatable bonds is 6. The third-order valence-electron chi connectivity index (χ3n) is 4.16. The summed E-state index contributed by atoms with van der Waals surface area (Å²) in [4.78, 5) is 0. The van der Waals surface area contributed by atoms with Gasteiger partial charge in [0.1, 0.15) is 0 Å². The predicted molar refractivity (Wildman–Crippen MR) is 118 cm³/mol. The zero-order valence-electron chi connectivity index (χ0n) is 15.4.